The Balaban J connectivity index is 1.54. The molecule has 0 bridgehead atoms. The lowest BCUT2D eigenvalue weighted by atomic mass is 10.1. The van der Waals surface area contributed by atoms with Crippen LogP contribution in [-0.4, -0.2) is 63.4 Å². The SMILES string of the molecule is O=S1(=O)C[C@@H]([NH+]2CC[NH+](Cc3ccccc3)CC2)[C@@H](O)C1. The van der Waals surface area contributed by atoms with Gasteiger partial charge in [-0.2, -0.15) is 0 Å². The van der Waals surface area contributed by atoms with E-state index in [9.17, 15) is 13.5 Å². The lowest BCUT2D eigenvalue weighted by Gasteiger charge is -2.33. The first kappa shape index (κ1) is 15.0. The summed E-state index contributed by atoms with van der Waals surface area (Å²) in [4.78, 5) is 2.81. The molecule has 2 aliphatic heterocycles. The van der Waals surface area contributed by atoms with Crippen molar-refractivity contribution in [3.63, 3.8) is 0 Å². The Labute approximate surface area is 126 Å². The maximum absolute atomic E-state index is 11.6. The molecule has 0 saturated carbocycles. The highest BCUT2D eigenvalue weighted by Crippen LogP contribution is 2.10. The monoisotopic (exact) mass is 312 g/mol. The van der Waals surface area contributed by atoms with E-state index in [1.165, 1.54) is 10.5 Å². The number of piperazine rings is 1. The molecule has 0 amide bonds. The third kappa shape index (κ3) is 3.63. The Morgan fingerprint density at radius 1 is 1.05 bits per heavy atom. The van der Waals surface area contributed by atoms with E-state index in [0.29, 0.717) is 0 Å². The second-order valence-corrected chi connectivity index (χ2v) is 8.48. The summed E-state index contributed by atoms with van der Waals surface area (Å²) < 4.78 is 23.2. The molecule has 21 heavy (non-hydrogen) atoms. The normalized spacial score (nSPS) is 35.7. The predicted octanol–water partition coefficient (Wildman–Crippen LogP) is -2.87. The molecule has 0 radical (unpaired) electrons. The van der Waals surface area contributed by atoms with Gasteiger partial charge in [-0.15, -0.1) is 0 Å². The standard InChI is InChI=1S/C15H22N2O3S/c18-15-12-21(19,20)11-14(15)17-8-6-16(7-9-17)10-13-4-2-1-3-5-13/h1-5,14-15,18H,6-12H2/p+2/t14-,15+/m1/s1. The number of sulfone groups is 1. The zero-order chi connectivity index (χ0) is 14.9. The number of hydrogen-bond acceptors (Lipinski definition) is 3. The summed E-state index contributed by atoms with van der Waals surface area (Å²) in [7, 11) is -3.03. The van der Waals surface area contributed by atoms with Crippen molar-refractivity contribution in [1.82, 2.24) is 0 Å². The van der Waals surface area contributed by atoms with Crippen LogP contribution in [0.15, 0.2) is 30.3 Å². The quantitative estimate of drug-likeness (QED) is 0.562. The largest absolute Gasteiger partial charge is 0.386 e. The molecule has 2 saturated heterocycles. The summed E-state index contributed by atoms with van der Waals surface area (Å²) in [6.45, 7) is 4.99. The molecule has 0 spiro atoms. The number of quaternary nitrogens is 2. The molecule has 1 aromatic carbocycles. The fourth-order valence-corrected chi connectivity index (χ4v) is 5.47. The van der Waals surface area contributed by atoms with Crippen molar-refractivity contribution in [3.8, 4) is 0 Å². The van der Waals surface area contributed by atoms with Crippen LogP contribution >= 0.6 is 0 Å². The van der Waals surface area contributed by atoms with E-state index in [1.807, 2.05) is 6.07 Å². The van der Waals surface area contributed by atoms with E-state index in [1.54, 1.807) is 4.90 Å². The Kier molecular flexibility index (Phi) is 4.31. The van der Waals surface area contributed by atoms with Crippen LogP contribution in [-0.2, 0) is 16.4 Å². The van der Waals surface area contributed by atoms with Gasteiger partial charge in [0.15, 0.2) is 9.84 Å². The van der Waals surface area contributed by atoms with E-state index in [-0.39, 0.29) is 17.5 Å². The Bertz CT molecular complexity index is 568. The van der Waals surface area contributed by atoms with Gasteiger partial charge in [-0.25, -0.2) is 8.42 Å². The van der Waals surface area contributed by atoms with Crippen molar-refractivity contribution in [2.75, 3.05) is 37.7 Å². The highest BCUT2D eigenvalue weighted by molar-refractivity contribution is 7.91. The van der Waals surface area contributed by atoms with Crippen LogP contribution < -0.4 is 9.80 Å². The molecule has 3 N–H and O–H groups in total. The van der Waals surface area contributed by atoms with Gasteiger partial charge in [0.1, 0.15) is 50.6 Å². The molecule has 2 aliphatic rings. The van der Waals surface area contributed by atoms with Crippen molar-refractivity contribution < 1.29 is 23.3 Å². The predicted molar refractivity (Wildman–Crippen MR) is 80.0 cm³/mol. The molecular weight excluding hydrogens is 288 g/mol. The molecule has 5 nitrogen and oxygen atoms in total. The van der Waals surface area contributed by atoms with Gasteiger partial charge in [-0.05, 0) is 0 Å². The van der Waals surface area contributed by atoms with Crippen LogP contribution in [0.2, 0.25) is 0 Å². The zero-order valence-corrected chi connectivity index (χ0v) is 13.0. The van der Waals surface area contributed by atoms with Crippen LogP contribution in [0.4, 0.5) is 0 Å². The van der Waals surface area contributed by atoms with Gasteiger partial charge in [-0.1, -0.05) is 30.3 Å². The average molecular weight is 312 g/mol. The van der Waals surface area contributed by atoms with Crippen LogP contribution in [0, 0.1) is 0 Å². The van der Waals surface area contributed by atoms with E-state index < -0.39 is 15.9 Å². The molecule has 1 aromatic rings. The minimum atomic E-state index is -3.03. The lowest BCUT2D eigenvalue weighted by Crippen LogP contribution is -3.29. The van der Waals surface area contributed by atoms with Crippen molar-refractivity contribution in [2.45, 2.75) is 18.7 Å². The first-order chi connectivity index (χ1) is 10.0. The van der Waals surface area contributed by atoms with Crippen molar-refractivity contribution >= 4 is 9.84 Å². The lowest BCUT2D eigenvalue weighted by molar-refractivity contribution is -1.03. The van der Waals surface area contributed by atoms with Gasteiger partial charge in [0.2, 0.25) is 0 Å². The third-order valence-corrected chi connectivity index (χ3v) is 6.46. The highest BCUT2D eigenvalue weighted by Gasteiger charge is 2.44. The van der Waals surface area contributed by atoms with Crippen molar-refractivity contribution in [1.29, 1.82) is 0 Å². The summed E-state index contributed by atoms with van der Waals surface area (Å²) in [5, 5.41) is 9.97. The van der Waals surface area contributed by atoms with Crippen LogP contribution in [0.3, 0.4) is 0 Å². The van der Waals surface area contributed by atoms with Crippen molar-refractivity contribution in [2.24, 2.45) is 0 Å². The number of rotatable bonds is 3. The maximum Gasteiger partial charge on any atom is 0.159 e. The second kappa shape index (κ2) is 6.04. The Hall–Kier alpha value is -0.950. The molecule has 2 atom stereocenters. The molecule has 0 unspecified atom stereocenters. The first-order valence-corrected chi connectivity index (χ1v) is 9.46. The summed E-state index contributed by atoms with van der Waals surface area (Å²) in [5.41, 5.74) is 1.35. The molecular formula is C15H24N2O3S+2. The average Bonchev–Trinajstić information content (AvgIpc) is 2.74. The molecule has 2 heterocycles. The van der Waals surface area contributed by atoms with Gasteiger partial charge in [0.25, 0.3) is 0 Å². The molecule has 3 rings (SSSR count). The topological polar surface area (TPSA) is 63.2 Å². The Morgan fingerprint density at radius 2 is 1.71 bits per heavy atom. The second-order valence-electron chi connectivity index (χ2n) is 6.32. The summed E-state index contributed by atoms with van der Waals surface area (Å²) in [6.07, 6.45) is -0.680. The summed E-state index contributed by atoms with van der Waals surface area (Å²) in [5.74, 6) is 0.0965. The maximum atomic E-state index is 11.6. The van der Waals surface area contributed by atoms with E-state index in [4.69, 9.17) is 0 Å². The molecule has 2 fully saturated rings. The van der Waals surface area contributed by atoms with E-state index in [0.717, 1.165) is 32.7 Å². The number of aliphatic hydroxyl groups is 1. The zero-order valence-electron chi connectivity index (χ0n) is 12.2. The third-order valence-electron chi connectivity index (χ3n) is 4.74. The highest BCUT2D eigenvalue weighted by atomic mass is 32.2. The van der Waals surface area contributed by atoms with Gasteiger partial charge in [-0.3, -0.25) is 0 Å². The molecule has 116 valence electrons. The van der Waals surface area contributed by atoms with E-state index >= 15 is 0 Å². The number of nitrogens with one attached hydrogen (secondary N) is 2. The van der Waals surface area contributed by atoms with Crippen LogP contribution in [0.1, 0.15) is 5.56 Å². The number of benzene rings is 1. The first-order valence-electron chi connectivity index (χ1n) is 7.64. The number of aliphatic hydroxyl groups excluding tert-OH is 1. The van der Waals surface area contributed by atoms with Crippen LogP contribution in [0.25, 0.3) is 0 Å². The summed E-state index contributed by atoms with van der Waals surface area (Å²) >= 11 is 0. The minimum Gasteiger partial charge on any atom is -0.386 e. The smallest absolute Gasteiger partial charge is 0.159 e. The number of hydrogen-bond donors (Lipinski definition) is 3. The molecule has 0 aliphatic carbocycles. The summed E-state index contributed by atoms with van der Waals surface area (Å²) in [6, 6.07) is 10.3. The van der Waals surface area contributed by atoms with Gasteiger partial charge < -0.3 is 14.9 Å². The van der Waals surface area contributed by atoms with Gasteiger partial charge >= 0.3 is 0 Å². The van der Waals surface area contributed by atoms with Gasteiger partial charge in [0.05, 0.1) is 5.75 Å². The van der Waals surface area contributed by atoms with E-state index in [2.05, 4.69) is 24.3 Å². The fraction of sp³-hybridized carbons (Fsp3) is 0.600. The molecule has 0 aromatic heterocycles. The minimum absolute atomic E-state index is 0.0538. The Morgan fingerprint density at radius 3 is 2.29 bits per heavy atom. The van der Waals surface area contributed by atoms with Crippen molar-refractivity contribution in [3.05, 3.63) is 35.9 Å². The van der Waals surface area contributed by atoms with Gasteiger partial charge in [0, 0.05) is 5.56 Å². The molecule has 6 heteroatoms. The fourth-order valence-electron chi connectivity index (χ4n) is 3.58. The van der Waals surface area contributed by atoms with Crippen LogP contribution in [0.5, 0.6) is 0 Å².